The molecule has 1 heterocycles. The Labute approximate surface area is 310 Å². The molecule has 0 bridgehead atoms. The van der Waals surface area contributed by atoms with Crippen LogP contribution in [0.3, 0.4) is 0 Å². The zero-order valence-electron chi connectivity index (χ0n) is 31.9. The van der Waals surface area contributed by atoms with Gasteiger partial charge >= 0.3 is 5.97 Å². The third kappa shape index (κ3) is 14.2. The van der Waals surface area contributed by atoms with Gasteiger partial charge in [0.05, 0.1) is 30.4 Å². The van der Waals surface area contributed by atoms with Gasteiger partial charge in [-0.1, -0.05) is 105 Å². The van der Waals surface area contributed by atoms with Gasteiger partial charge in [0, 0.05) is 11.6 Å². The number of carbonyl (C=O) groups is 1. The van der Waals surface area contributed by atoms with Gasteiger partial charge in [0.25, 0.3) is 0 Å². The van der Waals surface area contributed by atoms with E-state index in [1.807, 2.05) is 13.8 Å². The molecule has 0 saturated heterocycles. The summed E-state index contributed by atoms with van der Waals surface area (Å²) in [4.78, 5) is 26.9. The molecule has 0 amide bonds. The number of carbonyl (C=O) groups excluding carboxylic acids is 1. The summed E-state index contributed by atoms with van der Waals surface area (Å²) in [5.74, 6) is 2.58. The van der Waals surface area contributed by atoms with Crippen molar-refractivity contribution >= 4 is 5.97 Å². The number of aliphatic hydroxyl groups excluding tert-OH is 1. The van der Waals surface area contributed by atoms with Crippen molar-refractivity contribution in [1.82, 2.24) is 15.0 Å². The lowest BCUT2D eigenvalue weighted by Crippen LogP contribution is -2.15. The molecule has 0 fully saturated rings. The Morgan fingerprint density at radius 1 is 0.769 bits per heavy atom. The minimum atomic E-state index is -0.354. The molecule has 9 nitrogen and oxygen atoms in total. The smallest absolute Gasteiger partial charge is 0.338 e. The van der Waals surface area contributed by atoms with Crippen molar-refractivity contribution in [3.63, 3.8) is 0 Å². The van der Waals surface area contributed by atoms with E-state index in [1.54, 1.807) is 60.7 Å². The number of hydrogen-bond acceptors (Lipinski definition) is 9. The summed E-state index contributed by atoms with van der Waals surface area (Å²) >= 11 is 0. The summed E-state index contributed by atoms with van der Waals surface area (Å²) in [6, 6.07) is 18.6. The van der Waals surface area contributed by atoms with Crippen LogP contribution in [0, 0.1) is 17.8 Å². The number of benzene rings is 3. The minimum absolute atomic E-state index is 0.0178. The maximum absolute atomic E-state index is 13.0. The first-order valence-electron chi connectivity index (χ1n) is 18.1. The number of nitrogens with zero attached hydrogens (tertiary/aromatic N) is 3. The van der Waals surface area contributed by atoms with Gasteiger partial charge in [-0.25, -0.2) is 19.7 Å². The maximum atomic E-state index is 13.0. The highest BCUT2D eigenvalue weighted by molar-refractivity contribution is 5.90. The first kappa shape index (κ1) is 43.0. The van der Waals surface area contributed by atoms with Crippen molar-refractivity contribution in [2.24, 2.45) is 17.8 Å². The molecular weight excluding hydrogens is 654 g/mol. The Bertz CT molecular complexity index is 1700. The SMILES string of the molecule is C=CC(=C)O.CC.COc1ccc(-c2nc(-c3ccc(C(=O)OCC(CCCCC(C)C)CCC(C)C)cc3)nc(-c3ccccc3O)n2)c(O)c1. The van der Waals surface area contributed by atoms with E-state index in [1.165, 1.54) is 32.1 Å². The van der Waals surface area contributed by atoms with Crippen LogP contribution < -0.4 is 4.74 Å². The number of methoxy groups -OCH3 is 1. The van der Waals surface area contributed by atoms with Crippen LogP contribution in [0.4, 0.5) is 0 Å². The summed E-state index contributed by atoms with van der Waals surface area (Å²) < 4.78 is 11.0. The van der Waals surface area contributed by atoms with Crippen LogP contribution in [0.15, 0.2) is 91.7 Å². The molecule has 3 N–H and O–H groups in total. The number of para-hydroxylation sites is 1. The van der Waals surface area contributed by atoms with Crippen molar-refractivity contribution < 1.29 is 29.6 Å². The molecule has 1 aromatic heterocycles. The second-order valence-corrected chi connectivity index (χ2v) is 13.1. The van der Waals surface area contributed by atoms with E-state index in [2.05, 4.69) is 55.8 Å². The van der Waals surface area contributed by atoms with Crippen molar-refractivity contribution in [1.29, 1.82) is 0 Å². The van der Waals surface area contributed by atoms with Gasteiger partial charge < -0.3 is 24.8 Å². The highest BCUT2D eigenvalue weighted by Crippen LogP contribution is 2.34. The highest BCUT2D eigenvalue weighted by Gasteiger charge is 2.18. The van der Waals surface area contributed by atoms with Gasteiger partial charge in [-0.2, -0.15) is 0 Å². The minimum Gasteiger partial charge on any atom is -0.509 e. The van der Waals surface area contributed by atoms with Crippen LogP contribution in [-0.4, -0.2) is 50.0 Å². The van der Waals surface area contributed by atoms with Gasteiger partial charge in [-0.15, -0.1) is 0 Å². The van der Waals surface area contributed by atoms with E-state index in [4.69, 9.17) is 14.6 Å². The number of phenols is 2. The quantitative estimate of drug-likeness (QED) is 0.0449. The molecule has 9 heteroatoms. The van der Waals surface area contributed by atoms with Crippen LogP contribution in [0.1, 0.15) is 90.4 Å². The van der Waals surface area contributed by atoms with E-state index in [9.17, 15) is 15.0 Å². The molecule has 0 saturated carbocycles. The number of esters is 1. The fraction of sp³-hybridized carbons (Fsp3) is 0.395. The molecule has 0 radical (unpaired) electrons. The number of aromatic nitrogens is 3. The molecule has 1 atom stereocenters. The van der Waals surface area contributed by atoms with E-state index in [0.29, 0.717) is 58.2 Å². The van der Waals surface area contributed by atoms with Crippen molar-refractivity contribution in [3.05, 3.63) is 97.3 Å². The van der Waals surface area contributed by atoms with Crippen LogP contribution in [0.5, 0.6) is 17.2 Å². The summed E-state index contributed by atoms with van der Waals surface area (Å²) in [6.07, 6.45) is 8.09. The van der Waals surface area contributed by atoms with Crippen molar-refractivity contribution in [2.45, 2.75) is 80.1 Å². The zero-order valence-corrected chi connectivity index (χ0v) is 31.9. The average molecular weight is 712 g/mol. The molecule has 0 aliphatic rings. The largest absolute Gasteiger partial charge is 0.509 e. The molecule has 4 aromatic rings. The highest BCUT2D eigenvalue weighted by atomic mass is 16.5. The first-order valence-corrected chi connectivity index (χ1v) is 18.1. The molecular formula is C43H57N3O6. The summed E-state index contributed by atoms with van der Waals surface area (Å²) in [5.41, 5.74) is 1.89. The lowest BCUT2D eigenvalue weighted by molar-refractivity contribution is 0.0420. The number of unbranched alkanes of at least 4 members (excludes halogenated alkanes) is 1. The monoisotopic (exact) mass is 711 g/mol. The Balaban J connectivity index is 0.00000123. The van der Waals surface area contributed by atoms with Crippen LogP contribution >= 0.6 is 0 Å². The zero-order chi connectivity index (χ0) is 38.6. The average Bonchev–Trinajstić information content (AvgIpc) is 3.14. The summed E-state index contributed by atoms with van der Waals surface area (Å²) in [6.45, 7) is 19.7. The number of ether oxygens (including phenoxy) is 2. The summed E-state index contributed by atoms with van der Waals surface area (Å²) in [5, 5.41) is 29.3. The molecule has 0 aliphatic carbocycles. The molecule has 52 heavy (non-hydrogen) atoms. The van der Waals surface area contributed by atoms with Gasteiger partial charge in [0.2, 0.25) is 0 Å². The van der Waals surface area contributed by atoms with Gasteiger partial charge in [0.1, 0.15) is 23.0 Å². The van der Waals surface area contributed by atoms with Crippen molar-refractivity contribution in [2.75, 3.05) is 13.7 Å². The van der Waals surface area contributed by atoms with Gasteiger partial charge in [-0.3, -0.25) is 0 Å². The van der Waals surface area contributed by atoms with Gasteiger partial charge in [-0.05, 0) is 73.1 Å². The molecule has 0 aliphatic heterocycles. The predicted molar refractivity (Wildman–Crippen MR) is 210 cm³/mol. The molecule has 0 spiro atoms. The second kappa shape index (κ2) is 22.6. The predicted octanol–water partition coefficient (Wildman–Crippen LogP) is 11.0. The normalized spacial score (nSPS) is 11.1. The lowest BCUT2D eigenvalue weighted by Gasteiger charge is -2.18. The topological polar surface area (TPSA) is 135 Å². The van der Waals surface area contributed by atoms with Crippen LogP contribution in [0.25, 0.3) is 34.2 Å². The maximum Gasteiger partial charge on any atom is 0.338 e. The van der Waals surface area contributed by atoms with E-state index in [0.717, 1.165) is 25.7 Å². The van der Waals surface area contributed by atoms with E-state index in [-0.39, 0.29) is 34.9 Å². The van der Waals surface area contributed by atoms with Gasteiger partial charge in [0.15, 0.2) is 17.5 Å². The van der Waals surface area contributed by atoms with E-state index >= 15 is 0 Å². The standard InChI is InChI=1S/C37H45N3O5.C4H6O.C2H6/c1-24(2)10-6-7-11-26(15-14-25(3)4)23-45-37(43)28-18-16-27(17-19-28)34-38-35(30-12-8-9-13-32(30)41)40-36(39-34)31-21-20-29(44-5)22-33(31)42;1-3-4(2)5;1-2/h8-9,12-13,16-22,24-26,41-42H,6-7,10-11,14-15,23H2,1-5H3;3,5H,1-2H2;1-2H3. The molecule has 1 unspecified atom stereocenters. The Hall–Kier alpha value is -5.18. The Morgan fingerprint density at radius 3 is 1.87 bits per heavy atom. The fourth-order valence-corrected chi connectivity index (χ4v) is 5.13. The van der Waals surface area contributed by atoms with E-state index < -0.39 is 0 Å². The molecule has 3 aromatic carbocycles. The number of rotatable bonds is 16. The lowest BCUT2D eigenvalue weighted by atomic mass is 9.93. The number of aliphatic hydroxyl groups is 1. The first-order chi connectivity index (χ1) is 24.9. The van der Waals surface area contributed by atoms with Crippen molar-refractivity contribution in [3.8, 4) is 51.4 Å². The number of aromatic hydroxyl groups is 2. The third-order valence-corrected chi connectivity index (χ3v) is 8.09. The number of allylic oxidation sites excluding steroid dienone is 1. The van der Waals surface area contributed by atoms with Crippen LogP contribution in [-0.2, 0) is 4.74 Å². The molecule has 280 valence electrons. The molecule has 4 rings (SSSR count). The Kier molecular flexibility index (Phi) is 18.7. The summed E-state index contributed by atoms with van der Waals surface area (Å²) in [7, 11) is 1.52. The third-order valence-electron chi connectivity index (χ3n) is 8.09. The second-order valence-electron chi connectivity index (χ2n) is 13.1. The fourth-order valence-electron chi connectivity index (χ4n) is 5.13. The number of phenolic OH excluding ortho intramolecular Hbond substituents is 2. The van der Waals surface area contributed by atoms with Crippen LogP contribution in [0.2, 0.25) is 0 Å². The number of hydrogen-bond donors (Lipinski definition) is 3. The Morgan fingerprint density at radius 2 is 1.33 bits per heavy atom.